The van der Waals surface area contributed by atoms with E-state index >= 15 is 0 Å². The summed E-state index contributed by atoms with van der Waals surface area (Å²) in [4.78, 5) is 12.7. The van der Waals surface area contributed by atoms with Crippen LogP contribution in [0.4, 0.5) is 0 Å². The van der Waals surface area contributed by atoms with E-state index in [0.29, 0.717) is 13.0 Å². The number of rotatable bonds is 33. The SMILES string of the molecule is CC/C=C\C/C=C\C/C=C\C/C=C\CCC(=O)OC(COCCCCCCCC/C=C\C/C=C\C/C=C\CC)COC1OC(CO)C(O)C(OS(=O)(=O)O)C1O. The zero-order valence-electron chi connectivity index (χ0n) is 33.7. The van der Waals surface area contributed by atoms with Gasteiger partial charge in [0, 0.05) is 13.0 Å². The highest BCUT2D eigenvalue weighted by Gasteiger charge is 2.48. The van der Waals surface area contributed by atoms with Crippen molar-refractivity contribution >= 4 is 16.4 Å². The Morgan fingerprint density at radius 1 is 0.679 bits per heavy atom. The van der Waals surface area contributed by atoms with Crippen LogP contribution in [0.25, 0.3) is 0 Å². The second-order valence-electron chi connectivity index (χ2n) is 13.5. The number of unbranched alkanes of at least 4 members (excludes halogenated alkanes) is 6. The second-order valence-corrected chi connectivity index (χ2v) is 14.5. The van der Waals surface area contributed by atoms with Gasteiger partial charge >= 0.3 is 16.4 Å². The molecular formula is C43H70O12S. The van der Waals surface area contributed by atoms with Crippen LogP contribution >= 0.6 is 0 Å². The molecule has 0 aromatic carbocycles. The van der Waals surface area contributed by atoms with Gasteiger partial charge in [0.1, 0.15) is 30.5 Å². The summed E-state index contributed by atoms with van der Waals surface area (Å²) in [6.45, 7) is 3.60. The lowest BCUT2D eigenvalue weighted by Crippen LogP contribution is -2.60. The minimum Gasteiger partial charge on any atom is -0.457 e. The van der Waals surface area contributed by atoms with Gasteiger partial charge in [0.05, 0.1) is 19.8 Å². The van der Waals surface area contributed by atoms with E-state index in [2.05, 4.69) is 90.9 Å². The van der Waals surface area contributed by atoms with Gasteiger partial charge in [0.15, 0.2) is 6.29 Å². The maximum Gasteiger partial charge on any atom is 0.397 e. The van der Waals surface area contributed by atoms with Gasteiger partial charge in [-0.3, -0.25) is 9.35 Å². The number of hydrogen-bond donors (Lipinski definition) is 4. The fraction of sp³-hybridized carbons (Fsp3) is 0.651. The van der Waals surface area contributed by atoms with Crippen LogP contribution < -0.4 is 0 Å². The maximum absolute atomic E-state index is 12.7. The Hall–Kier alpha value is -2.72. The number of carbonyl (C=O) groups is 1. The Kier molecular flexibility index (Phi) is 31.4. The lowest BCUT2D eigenvalue weighted by atomic mass is 9.99. The monoisotopic (exact) mass is 810 g/mol. The van der Waals surface area contributed by atoms with Crippen LogP contribution in [0.5, 0.6) is 0 Å². The van der Waals surface area contributed by atoms with E-state index in [9.17, 15) is 28.5 Å². The van der Waals surface area contributed by atoms with Crippen molar-refractivity contribution in [3.63, 3.8) is 0 Å². The molecule has 0 aromatic heterocycles. The first kappa shape index (κ1) is 51.3. The summed E-state index contributed by atoms with van der Waals surface area (Å²) in [7, 11) is -5.07. The van der Waals surface area contributed by atoms with Crippen LogP contribution in [0.15, 0.2) is 85.1 Å². The van der Waals surface area contributed by atoms with E-state index in [4.69, 9.17) is 23.5 Å². The molecule has 1 fully saturated rings. The normalized spacial score (nSPS) is 21.7. The molecular weight excluding hydrogens is 741 g/mol. The van der Waals surface area contributed by atoms with Crippen LogP contribution in [0.1, 0.15) is 117 Å². The van der Waals surface area contributed by atoms with Crippen molar-refractivity contribution in [3.05, 3.63) is 85.1 Å². The number of aliphatic hydroxyl groups is 3. The molecule has 13 heteroatoms. The molecule has 0 bridgehead atoms. The van der Waals surface area contributed by atoms with Gasteiger partial charge in [-0.15, -0.1) is 0 Å². The molecule has 0 aromatic rings. The third kappa shape index (κ3) is 27.8. The molecule has 1 aliphatic heterocycles. The third-order valence-electron chi connectivity index (χ3n) is 8.53. The van der Waals surface area contributed by atoms with Crippen molar-refractivity contribution in [1.29, 1.82) is 0 Å². The highest BCUT2D eigenvalue weighted by Crippen LogP contribution is 2.26. The summed E-state index contributed by atoms with van der Waals surface area (Å²) in [5.74, 6) is -0.489. The Bertz CT molecular complexity index is 1300. The standard InChI is InChI=1S/C43H70O12S/c1-3-5-7-9-11-13-15-17-18-19-21-23-25-27-29-31-33-51-35-37(36-52-43-41(47)42(55-56(48,49)50)40(46)38(34-44)54-43)53-39(45)32-30-28-26-24-22-20-16-14-12-10-8-6-4-2/h5-8,11-14,17-18,20,22,26,28,37-38,40-44,46-47H,3-4,9-10,15-16,19,21,23-25,27,29-36H2,1-2H3,(H,48,49,50)/b7-5-,8-6-,13-11-,14-12-,18-17-,22-20-,28-26-. The van der Waals surface area contributed by atoms with Gasteiger partial charge in [-0.1, -0.05) is 125 Å². The summed E-state index contributed by atoms with van der Waals surface area (Å²) < 4.78 is 58.8. The smallest absolute Gasteiger partial charge is 0.397 e. The molecule has 0 radical (unpaired) electrons. The summed E-state index contributed by atoms with van der Waals surface area (Å²) in [6.07, 6.45) is 35.0. The predicted octanol–water partition coefficient (Wildman–Crippen LogP) is 7.73. The maximum atomic E-state index is 12.7. The highest BCUT2D eigenvalue weighted by molar-refractivity contribution is 7.80. The third-order valence-corrected chi connectivity index (χ3v) is 8.99. The Morgan fingerprint density at radius 2 is 1.18 bits per heavy atom. The Labute approximate surface area is 336 Å². The van der Waals surface area contributed by atoms with E-state index in [-0.39, 0.29) is 19.6 Å². The lowest BCUT2D eigenvalue weighted by Gasteiger charge is -2.41. The first-order chi connectivity index (χ1) is 27.1. The van der Waals surface area contributed by atoms with Crippen LogP contribution in [0, 0.1) is 0 Å². The van der Waals surface area contributed by atoms with Crippen molar-refractivity contribution in [2.24, 2.45) is 0 Å². The molecule has 320 valence electrons. The largest absolute Gasteiger partial charge is 0.457 e. The number of aliphatic hydroxyl groups excluding tert-OH is 3. The molecule has 1 heterocycles. The Morgan fingerprint density at radius 3 is 1.71 bits per heavy atom. The van der Waals surface area contributed by atoms with Crippen LogP contribution in [-0.4, -0.2) is 97.5 Å². The number of allylic oxidation sites excluding steroid dienone is 14. The molecule has 56 heavy (non-hydrogen) atoms. The van der Waals surface area contributed by atoms with E-state index in [1.807, 2.05) is 12.2 Å². The van der Waals surface area contributed by atoms with Gasteiger partial charge in [-0.05, 0) is 70.6 Å². The molecule has 6 atom stereocenters. The second kappa shape index (κ2) is 34.3. The molecule has 4 N–H and O–H groups in total. The summed E-state index contributed by atoms with van der Waals surface area (Å²) >= 11 is 0. The summed E-state index contributed by atoms with van der Waals surface area (Å²) in [5, 5.41) is 30.6. The van der Waals surface area contributed by atoms with Crippen LogP contribution in [-0.2, 0) is 38.3 Å². The van der Waals surface area contributed by atoms with Crippen molar-refractivity contribution in [1.82, 2.24) is 0 Å². The summed E-state index contributed by atoms with van der Waals surface area (Å²) in [5.41, 5.74) is 0. The predicted molar refractivity (Wildman–Crippen MR) is 220 cm³/mol. The van der Waals surface area contributed by atoms with Crippen molar-refractivity contribution in [3.8, 4) is 0 Å². The highest BCUT2D eigenvalue weighted by atomic mass is 32.3. The molecule has 0 spiro atoms. The minimum absolute atomic E-state index is 0.00745. The zero-order chi connectivity index (χ0) is 41.1. The average Bonchev–Trinajstić information content (AvgIpc) is 3.17. The number of hydrogen-bond acceptors (Lipinski definition) is 11. The van der Waals surface area contributed by atoms with E-state index in [0.717, 1.165) is 83.5 Å². The van der Waals surface area contributed by atoms with Gasteiger partial charge < -0.3 is 34.3 Å². The fourth-order valence-corrected chi connectivity index (χ4v) is 6.03. The quantitative estimate of drug-likeness (QED) is 0.0220. The molecule has 0 amide bonds. The number of ether oxygens (including phenoxy) is 4. The topological polar surface area (TPSA) is 178 Å². The summed E-state index contributed by atoms with van der Waals surface area (Å²) in [6, 6.07) is 0. The first-order valence-electron chi connectivity index (χ1n) is 20.3. The number of esters is 1. The van der Waals surface area contributed by atoms with Crippen LogP contribution in [0.2, 0.25) is 0 Å². The number of carbonyl (C=O) groups excluding carboxylic acids is 1. The van der Waals surface area contributed by atoms with Gasteiger partial charge in [0.2, 0.25) is 0 Å². The molecule has 6 unspecified atom stereocenters. The fourth-order valence-electron chi connectivity index (χ4n) is 5.52. The molecule has 1 rings (SSSR count). The molecule has 1 saturated heterocycles. The van der Waals surface area contributed by atoms with Crippen molar-refractivity contribution < 1.29 is 56.2 Å². The van der Waals surface area contributed by atoms with Crippen LogP contribution in [0.3, 0.4) is 0 Å². The van der Waals surface area contributed by atoms with E-state index in [1.165, 1.54) is 6.42 Å². The lowest BCUT2D eigenvalue weighted by molar-refractivity contribution is -0.301. The van der Waals surface area contributed by atoms with Crippen molar-refractivity contribution in [2.45, 2.75) is 153 Å². The van der Waals surface area contributed by atoms with Gasteiger partial charge in [0.25, 0.3) is 0 Å². The molecule has 0 saturated carbocycles. The minimum atomic E-state index is -5.07. The van der Waals surface area contributed by atoms with Gasteiger partial charge in [-0.25, -0.2) is 4.18 Å². The Balaban J connectivity index is 2.54. The molecule has 0 aliphatic carbocycles. The molecule has 12 nitrogen and oxygen atoms in total. The van der Waals surface area contributed by atoms with E-state index < -0.39 is 59.8 Å². The van der Waals surface area contributed by atoms with Gasteiger partial charge in [-0.2, -0.15) is 8.42 Å². The zero-order valence-corrected chi connectivity index (χ0v) is 34.5. The van der Waals surface area contributed by atoms with E-state index in [1.54, 1.807) is 0 Å². The average molecular weight is 811 g/mol. The van der Waals surface area contributed by atoms with Crippen molar-refractivity contribution in [2.75, 3.05) is 26.4 Å². The first-order valence-corrected chi connectivity index (χ1v) is 21.7. The molecule has 1 aliphatic rings.